The Bertz CT molecular complexity index is 1020. The normalized spacial score (nSPS) is 24.2. The molecule has 2 aliphatic carbocycles. The lowest BCUT2D eigenvalue weighted by Crippen LogP contribution is -2.48. The first-order valence-corrected chi connectivity index (χ1v) is 10.9. The van der Waals surface area contributed by atoms with E-state index in [-0.39, 0.29) is 22.3 Å². The maximum Gasteiger partial charge on any atom is 0.270 e. The van der Waals surface area contributed by atoms with Gasteiger partial charge in [-0.3, -0.25) is 9.59 Å². The van der Waals surface area contributed by atoms with Gasteiger partial charge in [0.05, 0.1) is 5.69 Å². The largest absolute Gasteiger partial charge is 0.340 e. The summed E-state index contributed by atoms with van der Waals surface area (Å²) in [5, 5.41) is 0. The second kappa shape index (κ2) is 6.31. The Hall–Kier alpha value is -2.37. The number of aromatic nitrogens is 3. The van der Waals surface area contributed by atoms with Crippen LogP contribution in [0.3, 0.4) is 0 Å². The molecule has 1 amide bonds. The van der Waals surface area contributed by atoms with Crippen molar-refractivity contribution in [2.45, 2.75) is 76.2 Å². The summed E-state index contributed by atoms with van der Waals surface area (Å²) in [7, 11) is 0. The molecule has 1 N–H and O–H groups in total. The number of likely N-dealkylation sites (tertiary alicyclic amines) is 1. The van der Waals surface area contributed by atoms with Crippen LogP contribution in [0.25, 0.3) is 0 Å². The molecule has 1 saturated heterocycles. The minimum Gasteiger partial charge on any atom is -0.340 e. The van der Waals surface area contributed by atoms with E-state index < -0.39 is 0 Å². The monoisotopic (exact) mass is 394 g/mol. The van der Waals surface area contributed by atoms with Crippen LogP contribution in [0.15, 0.2) is 23.1 Å². The zero-order chi connectivity index (χ0) is 20.4. The topological polar surface area (TPSA) is 71.0 Å². The predicted molar refractivity (Wildman–Crippen MR) is 111 cm³/mol. The van der Waals surface area contributed by atoms with Gasteiger partial charge in [-0.2, -0.15) is 0 Å². The van der Waals surface area contributed by atoms with Gasteiger partial charge in [-0.1, -0.05) is 20.8 Å². The third kappa shape index (κ3) is 3.04. The van der Waals surface area contributed by atoms with Crippen LogP contribution >= 0.6 is 0 Å². The van der Waals surface area contributed by atoms with Crippen LogP contribution in [0.1, 0.15) is 86.5 Å². The Balaban J connectivity index is 1.49. The second-order valence-electron chi connectivity index (χ2n) is 10.1. The van der Waals surface area contributed by atoms with Crippen molar-refractivity contribution >= 4 is 5.91 Å². The first kappa shape index (κ1) is 18.6. The van der Waals surface area contributed by atoms with Crippen LogP contribution in [0.4, 0.5) is 0 Å². The van der Waals surface area contributed by atoms with Gasteiger partial charge >= 0.3 is 0 Å². The Morgan fingerprint density at radius 2 is 2.07 bits per heavy atom. The van der Waals surface area contributed by atoms with Crippen molar-refractivity contribution in [1.82, 2.24) is 19.4 Å². The molecule has 1 unspecified atom stereocenters. The molecule has 1 aliphatic heterocycles. The molecule has 2 fully saturated rings. The van der Waals surface area contributed by atoms with Gasteiger partial charge in [0.2, 0.25) is 0 Å². The highest BCUT2D eigenvalue weighted by Gasteiger charge is 2.46. The van der Waals surface area contributed by atoms with Crippen LogP contribution in [0, 0.1) is 0 Å². The summed E-state index contributed by atoms with van der Waals surface area (Å²) in [5.74, 6) is 0.865. The van der Waals surface area contributed by atoms with Crippen LogP contribution in [-0.2, 0) is 17.3 Å². The van der Waals surface area contributed by atoms with Crippen LogP contribution in [0.5, 0.6) is 0 Å². The van der Waals surface area contributed by atoms with Crippen LogP contribution in [0.2, 0.25) is 0 Å². The number of H-pyrrole nitrogens is 1. The summed E-state index contributed by atoms with van der Waals surface area (Å²) in [4.78, 5) is 36.1. The molecule has 3 heterocycles. The summed E-state index contributed by atoms with van der Waals surface area (Å²) in [5.41, 5.74) is 2.18. The van der Waals surface area contributed by atoms with Gasteiger partial charge in [-0.15, -0.1) is 0 Å². The Morgan fingerprint density at radius 3 is 2.79 bits per heavy atom. The summed E-state index contributed by atoms with van der Waals surface area (Å²) < 4.78 is 2.15. The quantitative estimate of drug-likeness (QED) is 0.849. The lowest BCUT2D eigenvalue weighted by Gasteiger charge is -2.40. The van der Waals surface area contributed by atoms with Crippen LogP contribution < -0.4 is 5.56 Å². The fourth-order valence-electron chi connectivity index (χ4n) is 5.12. The molecule has 29 heavy (non-hydrogen) atoms. The van der Waals surface area contributed by atoms with Crippen molar-refractivity contribution in [3.05, 3.63) is 51.5 Å². The van der Waals surface area contributed by atoms with Gasteiger partial charge in [0.15, 0.2) is 0 Å². The van der Waals surface area contributed by atoms with E-state index in [0.717, 1.165) is 67.8 Å². The molecule has 1 saturated carbocycles. The molecule has 6 nitrogen and oxygen atoms in total. The summed E-state index contributed by atoms with van der Waals surface area (Å²) in [6.07, 6.45) is 7.96. The highest BCUT2D eigenvalue weighted by atomic mass is 16.2. The van der Waals surface area contributed by atoms with Crippen molar-refractivity contribution in [2.24, 2.45) is 0 Å². The fraction of sp³-hybridized carbons (Fsp3) is 0.609. The lowest BCUT2D eigenvalue weighted by atomic mass is 9.77. The average Bonchev–Trinajstić information content (AvgIpc) is 3.31. The maximum atomic E-state index is 13.4. The van der Waals surface area contributed by atoms with Crippen LogP contribution in [-0.4, -0.2) is 38.4 Å². The molecule has 2 aromatic rings. The van der Waals surface area contributed by atoms with Gasteiger partial charge in [0.25, 0.3) is 11.5 Å². The van der Waals surface area contributed by atoms with E-state index in [1.165, 1.54) is 0 Å². The molecular formula is C23H30N4O2. The number of nitrogens with one attached hydrogen (secondary N) is 1. The van der Waals surface area contributed by atoms with E-state index >= 15 is 0 Å². The molecule has 0 radical (unpaired) electrons. The fourth-order valence-corrected chi connectivity index (χ4v) is 5.12. The van der Waals surface area contributed by atoms with Gasteiger partial charge in [-0.05, 0) is 50.7 Å². The number of nitrogens with zero attached hydrogens (tertiary/aromatic N) is 3. The first-order chi connectivity index (χ1) is 13.8. The summed E-state index contributed by atoms with van der Waals surface area (Å²) >= 11 is 0. The Kier molecular flexibility index (Phi) is 4.06. The maximum absolute atomic E-state index is 13.4. The Labute approximate surface area is 171 Å². The predicted octanol–water partition coefficient (Wildman–Crippen LogP) is 3.32. The van der Waals surface area contributed by atoms with Crippen molar-refractivity contribution in [3.8, 4) is 0 Å². The highest BCUT2D eigenvalue weighted by Crippen LogP contribution is 2.44. The molecule has 2 aromatic heterocycles. The zero-order valence-corrected chi connectivity index (χ0v) is 17.6. The van der Waals surface area contributed by atoms with E-state index in [9.17, 15) is 9.59 Å². The number of aromatic amines is 1. The minimum atomic E-state index is -0.215. The molecule has 0 aromatic carbocycles. The highest BCUT2D eigenvalue weighted by molar-refractivity contribution is 5.93. The summed E-state index contributed by atoms with van der Waals surface area (Å²) in [6, 6.07) is 4.42. The number of hydrogen-bond donors (Lipinski definition) is 1. The molecule has 5 rings (SSSR count). The van der Waals surface area contributed by atoms with Crippen molar-refractivity contribution < 1.29 is 4.79 Å². The van der Waals surface area contributed by atoms with Crippen molar-refractivity contribution in [2.75, 3.05) is 13.1 Å². The van der Waals surface area contributed by atoms with Gasteiger partial charge in [0, 0.05) is 41.7 Å². The van der Waals surface area contributed by atoms with E-state index in [4.69, 9.17) is 4.98 Å². The number of piperidine rings is 1. The standard InChI is InChI=1S/C23H30N4O2/c1-22(2,3)21-24-18-16(19(28)25-21)9-11-23(18)10-5-12-26(14-23)20(29)17-6-4-13-27(17)15-7-8-15/h4,6,13,15H,5,7-12,14H2,1-3H3,(H,24,25,28). The molecule has 1 atom stereocenters. The number of hydrogen-bond acceptors (Lipinski definition) is 3. The molecule has 1 spiro atoms. The average molecular weight is 395 g/mol. The molecule has 0 bridgehead atoms. The van der Waals surface area contributed by atoms with E-state index in [1.807, 2.05) is 23.2 Å². The number of carbonyl (C=O) groups excluding carboxylic acids is 1. The minimum absolute atomic E-state index is 0.00265. The molecular weight excluding hydrogens is 364 g/mol. The van der Waals surface area contributed by atoms with Gasteiger partial charge in [-0.25, -0.2) is 4.98 Å². The summed E-state index contributed by atoms with van der Waals surface area (Å²) in [6.45, 7) is 7.65. The zero-order valence-electron chi connectivity index (χ0n) is 17.6. The van der Waals surface area contributed by atoms with Crippen molar-refractivity contribution in [1.29, 1.82) is 0 Å². The SMILES string of the molecule is CC(C)(C)c1nc2c(c(=O)[nH]1)CCC21CCCN(C(=O)c2cccn2C2CC2)C1. The second-order valence-corrected chi connectivity index (χ2v) is 10.1. The molecule has 6 heteroatoms. The number of fused-ring (bicyclic) bond motifs is 2. The van der Waals surface area contributed by atoms with Crippen molar-refractivity contribution in [3.63, 3.8) is 0 Å². The lowest BCUT2D eigenvalue weighted by molar-refractivity contribution is 0.0622. The first-order valence-electron chi connectivity index (χ1n) is 10.9. The van der Waals surface area contributed by atoms with E-state index in [2.05, 4.69) is 30.3 Å². The van der Waals surface area contributed by atoms with Gasteiger partial charge < -0.3 is 14.5 Å². The van der Waals surface area contributed by atoms with E-state index in [0.29, 0.717) is 12.6 Å². The smallest absolute Gasteiger partial charge is 0.270 e. The molecule has 3 aliphatic rings. The number of amides is 1. The third-order valence-electron chi connectivity index (χ3n) is 6.88. The number of carbonyl (C=O) groups is 1. The van der Waals surface area contributed by atoms with Gasteiger partial charge in [0.1, 0.15) is 11.5 Å². The molecule has 154 valence electrons. The third-order valence-corrected chi connectivity index (χ3v) is 6.88. The number of rotatable bonds is 2. The Morgan fingerprint density at radius 1 is 1.28 bits per heavy atom. The van der Waals surface area contributed by atoms with E-state index in [1.54, 1.807) is 0 Å².